The second-order valence-corrected chi connectivity index (χ2v) is 9.64. The molecular formula is C21H33IN4O4S. The van der Waals surface area contributed by atoms with E-state index in [-0.39, 0.29) is 41.7 Å². The van der Waals surface area contributed by atoms with E-state index in [1.165, 1.54) is 0 Å². The van der Waals surface area contributed by atoms with Crippen LogP contribution in [-0.2, 0) is 19.4 Å². The first-order chi connectivity index (χ1) is 14.5. The third-order valence-corrected chi connectivity index (χ3v) is 7.18. The molecule has 1 aromatic carbocycles. The Balaban J connectivity index is 0.00000341. The van der Waals surface area contributed by atoms with Crippen molar-refractivity contribution in [1.82, 2.24) is 15.1 Å². The first kappa shape index (κ1) is 25.9. The first-order valence-electron chi connectivity index (χ1n) is 10.7. The Hall–Kier alpha value is -1.40. The number of amides is 1. The third kappa shape index (κ3) is 7.31. The Labute approximate surface area is 202 Å². The zero-order chi connectivity index (χ0) is 21.4. The van der Waals surface area contributed by atoms with E-state index in [2.05, 4.69) is 15.2 Å². The van der Waals surface area contributed by atoms with Crippen molar-refractivity contribution in [2.75, 3.05) is 51.6 Å². The molecule has 174 valence electrons. The Kier molecular flexibility index (Phi) is 10.5. The van der Waals surface area contributed by atoms with Gasteiger partial charge in [0.1, 0.15) is 6.10 Å². The number of halogens is 1. The van der Waals surface area contributed by atoms with Crippen LogP contribution in [0.25, 0.3) is 0 Å². The number of hydrogen-bond donors (Lipinski definition) is 1. The summed E-state index contributed by atoms with van der Waals surface area (Å²) in [6.07, 6.45) is 1.96. The number of rotatable bonds is 7. The van der Waals surface area contributed by atoms with Crippen LogP contribution in [-0.4, -0.2) is 87.8 Å². The Morgan fingerprint density at radius 3 is 2.45 bits per heavy atom. The smallest absolute Gasteiger partial charge is 0.251 e. The number of guanidine groups is 1. The summed E-state index contributed by atoms with van der Waals surface area (Å²) in [5.74, 6) is 0.947. The largest absolute Gasteiger partial charge is 0.368 e. The van der Waals surface area contributed by atoms with Gasteiger partial charge in [-0.1, -0.05) is 18.2 Å². The Bertz CT molecular complexity index is 821. The lowest BCUT2D eigenvalue weighted by Crippen LogP contribution is -2.55. The van der Waals surface area contributed by atoms with Gasteiger partial charge in [0.15, 0.2) is 15.8 Å². The Morgan fingerprint density at radius 2 is 1.84 bits per heavy atom. The molecule has 1 N–H and O–H groups in total. The van der Waals surface area contributed by atoms with Crippen LogP contribution in [0.4, 0.5) is 0 Å². The van der Waals surface area contributed by atoms with Crippen molar-refractivity contribution in [3.8, 4) is 0 Å². The van der Waals surface area contributed by atoms with Crippen LogP contribution >= 0.6 is 24.0 Å². The van der Waals surface area contributed by atoms with Crippen LogP contribution < -0.4 is 5.32 Å². The molecule has 1 atom stereocenters. The number of ether oxygens (including phenoxy) is 1. The van der Waals surface area contributed by atoms with Gasteiger partial charge >= 0.3 is 0 Å². The standard InChI is InChI=1S/C21H32N4O4S.HI/c1-2-22-21(23-11-7-17-30(27,28)18-8-4-3-5-9-18)25-14-12-24(13-15-25)20(26)19-10-6-16-29-19;/h3-5,8-9,19H,2,6-7,10-17H2,1H3,(H,22,23);1H. The highest BCUT2D eigenvalue weighted by atomic mass is 127. The summed E-state index contributed by atoms with van der Waals surface area (Å²) in [6, 6.07) is 8.52. The molecule has 0 radical (unpaired) electrons. The summed E-state index contributed by atoms with van der Waals surface area (Å²) >= 11 is 0. The zero-order valence-electron chi connectivity index (χ0n) is 18.0. The predicted molar refractivity (Wildman–Crippen MR) is 132 cm³/mol. The lowest BCUT2D eigenvalue weighted by atomic mass is 10.2. The van der Waals surface area contributed by atoms with Gasteiger partial charge in [0.25, 0.3) is 5.91 Å². The molecule has 0 aliphatic carbocycles. The fourth-order valence-corrected chi connectivity index (χ4v) is 5.04. The average molecular weight is 564 g/mol. The van der Waals surface area contributed by atoms with Crippen LogP contribution in [0.15, 0.2) is 40.2 Å². The fourth-order valence-electron chi connectivity index (χ4n) is 3.73. The molecule has 0 saturated carbocycles. The quantitative estimate of drug-likeness (QED) is 0.235. The minimum Gasteiger partial charge on any atom is -0.368 e. The van der Waals surface area contributed by atoms with Gasteiger partial charge in [-0.3, -0.25) is 9.79 Å². The van der Waals surface area contributed by atoms with Crippen molar-refractivity contribution in [1.29, 1.82) is 0 Å². The SMILES string of the molecule is CCNC(=NCCCS(=O)(=O)c1ccccc1)N1CCN(C(=O)C2CCCO2)CC1.I. The van der Waals surface area contributed by atoms with Crippen LogP contribution in [0, 0.1) is 0 Å². The average Bonchev–Trinajstić information content (AvgIpc) is 3.31. The minimum atomic E-state index is -3.28. The van der Waals surface area contributed by atoms with Crippen molar-refractivity contribution >= 4 is 45.7 Å². The molecule has 3 rings (SSSR count). The highest BCUT2D eigenvalue weighted by Gasteiger charge is 2.30. The monoisotopic (exact) mass is 564 g/mol. The molecule has 2 heterocycles. The lowest BCUT2D eigenvalue weighted by molar-refractivity contribution is -0.142. The van der Waals surface area contributed by atoms with E-state index in [1.54, 1.807) is 30.3 Å². The zero-order valence-corrected chi connectivity index (χ0v) is 21.2. The lowest BCUT2D eigenvalue weighted by Gasteiger charge is -2.37. The summed E-state index contributed by atoms with van der Waals surface area (Å²) in [6.45, 7) is 6.54. The molecule has 1 amide bonds. The summed E-state index contributed by atoms with van der Waals surface area (Å²) in [5, 5.41) is 3.28. The second kappa shape index (κ2) is 12.6. The van der Waals surface area contributed by atoms with Crippen molar-refractivity contribution in [3.05, 3.63) is 30.3 Å². The molecule has 31 heavy (non-hydrogen) atoms. The molecule has 8 nitrogen and oxygen atoms in total. The number of carbonyl (C=O) groups excluding carboxylic acids is 1. The molecule has 1 aromatic rings. The molecule has 10 heteroatoms. The Morgan fingerprint density at radius 1 is 1.16 bits per heavy atom. The normalized spacial score (nSPS) is 19.8. The van der Waals surface area contributed by atoms with Gasteiger partial charge in [0, 0.05) is 45.9 Å². The third-order valence-electron chi connectivity index (χ3n) is 5.37. The van der Waals surface area contributed by atoms with E-state index in [4.69, 9.17) is 4.74 Å². The van der Waals surface area contributed by atoms with E-state index in [0.717, 1.165) is 25.3 Å². The van der Waals surface area contributed by atoms with E-state index in [9.17, 15) is 13.2 Å². The van der Waals surface area contributed by atoms with Crippen molar-refractivity contribution < 1.29 is 17.9 Å². The van der Waals surface area contributed by atoms with Crippen molar-refractivity contribution in [2.24, 2.45) is 4.99 Å². The molecular weight excluding hydrogens is 531 g/mol. The fraction of sp³-hybridized carbons (Fsp3) is 0.619. The van der Waals surface area contributed by atoms with E-state index >= 15 is 0 Å². The van der Waals surface area contributed by atoms with E-state index in [0.29, 0.717) is 50.6 Å². The number of benzene rings is 1. The number of nitrogens with one attached hydrogen (secondary N) is 1. The number of nitrogens with zero attached hydrogens (tertiary/aromatic N) is 3. The van der Waals surface area contributed by atoms with Crippen molar-refractivity contribution in [2.45, 2.75) is 37.2 Å². The minimum absolute atomic E-state index is 0. The molecule has 2 aliphatic heterocycles. The maximum Gasteiger partial charge on any atom is 0.251 e. The topological polar surface area (TPSA) is 91.3 Å². The molecule has 0 aromatic heterocycles. The number of aliphatic imine (C=N–C) groups is 1. The highest BCUT2D eigenvalue weighted by Crippen LogP contribution is 2.16. The van der Waals surface area contributed by atoms with Crippen molar-refractivity contribution in [3.63, 3.8) is 0 Å². The number of piperazine rings is 1. The van der Waals surface area contributed by atoms with Crippen LogP contribution in [0.2, 0.25) is 0 Å². The van der Waals surface area contributed by atoms with Gasteiger partial charge in [-0.15, -0.1) is 24.0 Å². The molecule has 0 bridgehead atoms. The van der Waals surface area contributed by atoms with Crippen LogP contribution in [0.1, 0.15) is 26.2 Å². The van der Waals surface area contributed by atoms with Gasteiger partial charge in [0.05, 0.1) is 10.6 Å². The summed E-state index contributed by atoms with van der Waals surface area (Å²) in [4.78, 5) is 21.5. The maximum atomic E-state index is 12.5. The highest BCUT2D eigenvalue weighted by molar-refractivity contribution is 14.0. The van der Waals surface area contributed by atoms with Gasteiger partial charge in [-0.05, 0) is 38.3 Å². The molecule has 0 spiro atoms. The molecule has 2 fully saturated rings. The number of carbonyl (C=O) groups is 1. The number of sulfone groups is 1. The molecule has 1 unspecified atom stereocenters. The van der Waals surface area contributed by atoms with Gasteiger partial charge in [-0.2, -0.15) is 0 Å². The van der Waals surface area contributed by atoms with Gasteiger partial charge in [0.2, 0.25) is 0 Å². The van der Waals surface area contributed by atoms with Gasteiger partial charge < -0.3 is 19.9 Å². The summed E-state index contributed by atoms with van der Waals surface area (Å²) in [5.41, 5.74) is 0. The maximum absolute atomic E-state index is 12.5. The molecule has 2 aliphatic rings. The molecule has 2 saturated heterocycles. The predicted octanol–water partition coefficient (Wildman–Crippen LogP) is 1.76. The summed E-state index contributed by atoms with van der Waals surface area (Å²) < 4.78 is 30.3. The van der Waals surface area contributed by atoms with Crippen LogP contribution in [0.3, 0.4) is 0 Å². The van der Waals surface area contributed by atoms with Crippen LogP contribution in [0.5, 0.6) is 0 Å². The number of hydrogen-bond acceptors (Lipinski definition) is 5. The first-order valence-corrected chi connectivity index (χ1v) is 12.4. The summed E-state index contributed by atoms with van der Waals surface area (Å²) in [7, 11) is -3.28. The van der Waals surface area contributed by atoms with E-state index < -0.39 is 9.84 Å². The van der Waals surface area contributed by atoms with E-state index in [1.807, 2.05) is 11.8 Å². The second-order valence-electron chi connectivity index (χ2n) is 7.54. The van der Waals surface area contributed by atoms with Gasteiger partial charge in [-0.25, -0.2) is 8.42 Å².